The number of pyridine rings is 1. The Labute approximate surface area is 260 Å². The van der Waals surface area contributed by atoms with Crippen molar-refractivity contribution in [2.75, 3.05) is 18.6 Å². The van der Waals surface area contributed by atoms with Crippen LogP contribution in [0.4, 0.5) is 0 Å². The van der Waals surface area contributed by atoms with Crippen LogP contribution in [0.5, 0.6) is 5.88 Å². The fourth-order valence-corrected chi connectivity index (χ4v) is 5.23. The molecule has 4 aromatic rings. The van der Waals surface area contributed by atoms with Crippen LogP contribution < -0.4 is 15.8 Å². The van der Waals surface area contributed by atoms with Crippen LogP contribution in [0.2, 0.25) is 10.0 Å². The van der Waals surface area contributed by atoms with Gasteiger partial charge in [0.1, 0.15) is 21.6 Å². The van der Waals surface area contributed by atoms with Crippen LogP contribution in [0.25, 0.3) is 16.9 Å². The summed E-state index contributed by atoms with van der Waals surface area (Å²) in [7, 11) is -3.32. The smallest absolute Gasteiger partial charge is 0.240 e. The van der Waals surface area contributed by atoms with E-state index in [2.05, 4.69) is 10.3 Å². The first-order valence-electron chi connectivity index (χ1n) is 13.4. The molecule has 2 aromatic heterocycles. The Bertz CT molecular complexity index is 1680. The van der Waals surface area contributed by atoms with E-state index in [4.69, 9.17) is 38.8 Å². The number of ether oxygens (including phenoxy) is 1. The van der Waals surface area contributed by atoms with Crippen molar-refractivity contribution in [3.05, 3.63) is 94.2 Å². The second-order valence-corrected chi connectivity index (χ2v) is 13.0. The third kappa shape index (κ3) is 9.03. The lowest BCUT2D eigenvalue weighted by molar-refractivity contribution is -0.127. The molecule has 0 radical (unpaired) electrons. The highest BCUT2D eigenvalue weighted by atomic mass is 35.5. The Morgan fingerprint density at radius 3 is 2.49 bits per heavy atom. The van der Waals surface area contributed by atoms with Crippen molar-refractivity contribution < 1.29 is 22.7 Å². The number of nitrogens with two attached hydrogens (primary N) is 1. The summed E-state index contributed by atoms with van der Waals surface area (Å²) in [5.74, 6) is -0.811. The molecular weight excluding hydrogens is 613 g/mol. The first-order valence-corrected chi connectivity index (χ1v) is 16.2. The van der Waals surface area contributed by atoms with Gasteiger partial charge in [0.25, 0.3) is 0 Å². The van der Waals surface area contributed by atoms with Gasteiger partial charge in [0.05, 0.1) is 28.1 Å². The average Bonchev–Trinajstić information content (AvgIpc) is 3.34. The van der Waals surface area contributed by atoms with E-state index in [9.17, 15) is 18.0 Å². The Morgan fingerprint density at radius 2 is 1.84 bits per heavy atom. The molecule has 0 fully saturated rings. The molecule has 10 nitrogen and oxygen atoms in total. The van der Waals surface area contributed by atoms with Crippen LogP contribution in [0, 0.1) is 0 Å². The largest absolute Gasteiger partial charge is 0.477 e. The molecule has 13 heteroatoms. The fourth-order valence-electron chi connectivity index (χ4n) is 4.36. The molecule has 0 bridgehead atoms. The van der Waals surface area contributed by atoms with Gasteiger partial charge in [-0.15, -0.1) is 0 Å². The summed E-state index contributed by atoms with van der Waals surface area (Å²) >= 11 is 12.4. The zero-order valence-corrected chi connectivity index (χ0v) is 25.7. The van der Waals surface area contributed by atoms with Gasteiger partial charge in [-0.3, -0.25) is 14.6 Å². The lowest BCUT2D eigenvalue weighted by Crippen LogP contribution is -2.45. The summed E-state index contributed by atoms with van der Waals surface area (Å²) in [4.78, 5) is 28.8. The molecule has 1 atom stereocenters. The maximum Gasteiger partial charge on any atom is 0.240 e. The predicted octanol–water partition coefficient (Wildman–Crippen LogP) is 4.20. The number of aromatic nitrogens is 3. The number of benzene rings is 2. The zero-order valence-electron chi connectivity index (χ0n) is 23.4. The van der Waals surface area contributed by atoms with E-state index in [0.29, 0.717) is 44.9 Å². The van der Waals surface area contributed by atoms with Gasteiger partial charge in [-0.05, 0) is 48.7 Å². The minimum Gasteiger partial charge on any atom is -0.477 e. The molecule has 0 spiro atoms. The summed E-state index contributed by atoms with van der Waals surface area (Å²) in [6, 6.07) is 17.0. The van der Waals surface area contributed by atoms with Crippen molar-refractivity contribution in [1.29, 1.82) is 0 Å². The van der Waals surface area contributed by atoms with Gasteiger partial charge < -0.3 is 15.8 Å². The molecule has 4 rings (SSSR count). The maximum atomic E-state index is 12.7. The molecule has 2 heterocycles. The maximum absolute atomic E-state index is 12.7. The second kappa shape index (κ2) is 14.5. The molecule has 0 aliphatic heterocycles. The van der Waals surface area contributed by atoms with Crippen molar-refractivity contribution in [3.8, 4) is 22.8 Å². The van der Waals surface area contributed by atoms with E-state index in [0.717, 1.165) is 11.8 Å². The number of nitrogens with one attached hydrogen (secondary N) is 1. The van der Waals surface area contributed by atoms with E-state index >= 15 is 0 Å². The number of carbonyl (C=O) groups is 2. The predicted molar refractivity (Wildman–Crippen MR) is 166 cm³/mol. The molecule has 226 valence electrons. The number of carbonyl (C=O) groups excluding carboxylic acids is 2. The number of nitrogens with zero attached hydrogens (tertiary/aromatic N) is 3. The monoisotopic (exact) mass is 643 g/mol. The first-order chi connectivity index (χ1) is 20.5. The van der Waals surface area contributed by atoms with Crippen molar-refractivity contribution in [1.82, 2.24) is 20.1 Å². The van der Waals surface area contributed by atoms with Gasteiger partial charge in [-0.1, -0.05) is 53.5 Å². The molecule has 0 saturated heterocycles. The summed E-state index contributed by atoms with van der Waals surface area (Å²) < 4.78 is 32.0. The molecule has 0 saturated carbocycles. The molecule has 0 aliphatic carbocycles. The fraction of sp³-hybridized carbons (Fsp3) is 0.267. The third-order valence-electron chi connectivity index (χ3n) is 6.49. The Kier molecular flexibility index (Phi) is 10.8. The van der Waals surface area contributed by atoms with Crippen LogP contribution in [-0.4, -0.2) is 59.7 Å². The zero-order chi connectivity index (χ0) is 31.0. The molecule has 1 unspecified atom stereocenters. The molecule has 2 aromatic carbocycles. The Hall–Kier alpha value is -3.93. The second-order valence-electron chi connectivity index (χ2n) is 9.93. The lowest BCUT2D eigenvalue weighted by atomic mass is 10.1. The van der Waals surface area contributed by atoms with Crippen LogP contribution >= 0.6 is 23.2 Å². The Balaban J connectivity index is 1.55. The molecule has 0 aliphatic rings. The normalized spacial score (nSPS) is 12.1. The summed E-state index contributed by atoms with van der Waals surface area (Å²) in [5.41, 5.74) is 8.68. The minimum atomic E-state index is -3.32. The van der Waals surface area contributed by atoms with Crippen LogP contribution in [0.3, 0.4) is 0 Å². The molecule has 43 heavy (non-hydrogen) atoms. The van der Waals surface area contributed by atoms with Crippen molar-refractivity contribution >= 4 is 44.9 Å². The summed E-state index contributed by atoms with van der Waals surface area (Å²) in [5, 5.41) is 8.12. The van der Waals surface area contributed by atoms with Gasteiger partial charge in [0.2, 0.25) is 17.7 Å². The average molecular weight is 645 g/mol. The Morgan fingerprint density at radius 1 is 1.07 bits per heavy atom. The van der Waals surface area contributed by atoms with Gasteiger partial charge in [-0.25, -0.2) is 13.1 Å². The minimum absolute atomic E-state index is 0.0631. The van der Waals surface area contributed by atoms with Gasteiger partial charge in [0, 0.05) is 42.6 Å². The van der Waals surface area contributed by atoms with Crippen LogP contribution in [0.15, 0.2) is 73.1 Å². The van der Waals surface area contributed by atoms with Gasteiger partial charge in [-0.2, -0.15) is 5.10 Å². The van der Waals surface area contributed by atoms with Gasteiger partial charge >= 0.3 is 0 Å². The van der Waals surface area contributed by atoms with E-state index in [-0.39, 0.29) is 37.5 Å². The number of primary amides is 1. The molecule has 3 N–H and O–H groups in total. The molecule has 2 amide bonds. The standard InChI is InChI=1S/C30H31Cl2N5O5S/c1-43(40,41)16-13-23-28(21-9-5-14-34-19-21)36-37(22-11-12-24(31)25(32)18-22)30(23)42-15-6-10-27(38)35-26(29(33)39)17-20-7-3-2-4-8-20/h2-5,7-9,11-12,14,18-19,26H,6,10,13,15-17H2,1H3,(H2,33,39)(H,35,38). The van der Waals surface area contributed by atoms with Crippen LogP contribution in [0.1, 0.15) is 24.0 Å². The SMILES string of the molecule is CS(=O)(=O)CCc1c(-c2cccnc2)nn(-c2ccc(Cl)c(Cl)c2)c1OCCCC(=O)NC(Cc1ccccc1)C(N)=O. The topological polar surface area (TPSA) is 146 Å². The highest BCUT2D eigenvalue weighted by Crippen LogP contribution is 2.35. The van der Waals surface area contributed by atoms with Crippen molar-refractivity contribution in [2.45, 2.75) is 31.7 Å². The third-order valence-corrected chi connectivity index (χ3v) is 8.17. The van der Waals surface area contributed by atoms with E-state index in [1.807, 2.05) is 36.4 Å². The number of halogens is 2. The highest BCUT2D eigenvalue weighted by molar-refractivity contribution is 7.90. The van der Waals surface area contributed by atoms with E-state index in [1.54, 1.807) is 36.7 Å². The quantitative estimate of drug-likeness (QED) is 0.196. The molecular formula is C30H31Cl2N5O5S. The number of rotatable bonds is 14. The first kappa shape index (κ1) is 32.0. The van der Waals surface area contributed by atoms with Gasteiger partial charge in [0.15, 0.2) is 0 Å². The summed E-state index contributed by atoms with van der Waals surface area (Å²) in [6.45, 7) is 0.0959. The number of hydrogen-bond donors (Lipinski definition) is 2. The summed E-state index contributed by atoms with van der Waals surface area (Å²) in [6.07, 6.45) is 5.18. The number of sulfone groups is 1. The van der Waals surface area contributed by atoms with Crippen LogP contribution in [-0.2, 0) is 32.3 Å². The number of amides is 2. The highest BCUT2D eigenvalue weighted by Gasteiger charge is 2.24. The van der Waals surface area contributed by atoms with Crippen molar-refractivity contribution in [2.24, 2.45) is 5.73 Å². The van der Waals surface area contributed by atoms with E-state index in [1.165, 1.54) is 4.68 Å². The van der Waals surface area contributed by atoms with E-state index < -0.39 is 21.8 Å². The van der Waals surface area contributed by atoms with Crippen molar-refractivity contribution in [3.63, 3.8) is 0 Å². The number of hydrogen-bond acceptors (Lipinski definition) is 7. The lowest BCUT2D eigenvalue weighted by Gasteiger charge is -2.16.